The largest absolute Gasteiger partial charge is 0.325 e. The van der Waals surface area contributed by atoms with Crippen molar-refractivity contribution in [3.05, 3.63) is 64.7 Å². The van der Waals surface area contributed by atoms with E-state index in [0.29, 0.717) is 23.2 Å². The van der Waals surface area contributed by atoms with Crippen molar-refractivity contribution in [1.29, 1.82) is 0 Å². The minimum absolute atomic E-state index is 0.0650. The molecule has 2 amide bonds. The number of amides is 2. The minimum Gasteiger partial charge on any atom is -0.325 e. The highest BCUT2D eigenvalue weighted by molar-refractivity contribution is 7.99. The Hall–Kier alpha value is -2.91. The molecule has 162 valence electrons. The smallest absolute Gasteiger partial charge is 0.234 e. The Labute approximate surface area is 188 Å². The van der Waals surface area contributed by atoms with Crippen LogP contribution in [0, 0.1) is 12.7 Å². The highest BCUT2D eigenvalue weighted by Crippen LogP contribution is 2.21. The van der Waals surface area contributed by atoms with Crippen molar-refractivity contribution in [3.8, 4) is 0 Å². The van der Waals surface area contributed by atoms with Crippen LogP contribution in [-0.2, 0) is 22.6 Å². The summed E-state index contributed by atoms with van der Waals surface area (Å²) in [5, 5.41) is 14.2. The van der Waals surface area contributed by atoms with Crippen LogP contribution in [0.1, 0.15) is 18.3 Å². The summed E-state index contributed by atoms with van der Waals surface area (Å²) < 4.78 is 15.0. The van der Waals surface area contributed by atoms with Crippen molar-refractivity contribution in [2.75, 3.05) is 16.4 Å². The molecule has 0 aliphatic rings. The van der Waals surface area contributed by atoms with E-state index in [-0.39, 0.29) is 29.0 Å². The zero-order valence-electron chi connectivity index (χ0n) is 17.0. The average Bonchev–Trinajstić information content (AvgIpc) is 3.12. The van der Waals surface area contributed by atoms with Gasteiger partial charge in [0.1, 0.15) is 11.6 Å². The first kappa shape index (κ1) is 22.8. The van der Waals surface area contributed by atoms with Gasteiger partial charge in [-0.15, -0.1) is 10.2 Å². The molecule has 0 saturated carbocycles. The first-order chi connectivity index (χ1) is 14.9. The van der Waals surface area contributed by atoms with Crippen LogP contribution in [0.5, 0.6) is 0 Å². The number of nitrogens with zero attached hydrogens (tertiary/aromatic N) is 3. The van der Waals surface area contributed by atoms with Crippen molar-refractivity contribution in [1.82, 2.24) is 14.8 Å². The van der Waals surface area contributed by atoms with Crippen molar-refractivity contribution < 1.29 is 14.0 Å². The Morgan fingerprint density at radius 1 is 1.13 bits per heavy atom. The summed E-state index contributed by atoms with van der Waals surface area (Å²) in [5.41, 5.74) is 2.13. The summed E-state index contributed by atoms with van der Waals surface area (Å²) in [4.78, 5) is 24.6. The van der Waals surface area contributed by atoms with E-state index in [1.807, 2.05) is 38.1 Å². The number of hydrogen-bond donors (Lipinski definition) is 2. The van der Waals surface area contributed by atoms with Crippen LogP contribution in [0.25, 0.3) is 0 Å². The second kappa shape index (κ2) is 10.4. The van der Waals surface area contributed by atoms with Crippen molar-refractivity contribution in [2.24, 2.45) is 0 Å². The normalized spacial score (nSPS) is 10.7. The van der Waals surface area contributed by atoms with Crippen molar-refractivity contribution in [3.63, 3.8) is 0 Å². The predicted molar refractivity (Wildman–Crippen MR) is 120 cm³/mol. The lowest BCUT2D eigenvalue weighted by atomic mass is 10.2. The molecule has 0 radical (unpaired) electrons. The lowest BCUT2D eigenvalue weighted by molar-refractivity contribution is -0.116. The molecule has 2 aromatic carbocycles. The number of aryl methyl sites for hydroxylation is 1. The van der Waals surface area contributed by atoms with Crippen LogP contribution in [0.2, 0.25) is 5.02 Å². The zero-order chi connectivity index (χ0) is 22.4. The lowest BCUT2D eigenvalue weighted by Gasteiger charge is -2.10. The van der Waals surface area contributed by atoms with E-state index in [9.17, 15) is 14.0 Å². The highest BCUT2D eigenvalue weighted by atomic mass is 35.5. The zero-order valence-corrected chi connectivity index (χ0v) is 18.6. The van der Waals surface area contributed by atoms with E-state index in [0.717, 1.165) is 11.3 Å². The van der Waals surface area contributed by atoms with Gasteiger partial charge in [0.15, 0.2) is 5.16 Å². The molecule has 0 atom stereocenters. The van der Waals surface area contributed by atoms with Crippen LogP contribution in [0.3, 0.4) is 0 Å². The van der Waals surface area contributed by atoms with Gasteiger partial charge in [-0.2, -0.15) is 0 Å². The molecule has 3 aromatic rings. The molecule has 7 nitrogen and oxygen atoms in total. The molecule has 0 unspecified atom stereocenters. The van der Waals surface area contributed by atoms with E-state index in [2.05, 4.69) is 20.8 Å². The number of carbonyl (C=O) groups is 2. The molecule has 0 aliphatic carbocycles. The summed E-state index contributed by atoms with van der Waals surface area (Å²) in [5.74, 6) is -0.454. The first-order valence-corrected chi connectivity index (χ1v) is 10.9. The maximum Gasteiger partial charge on any atom is 0.234 e. The summed E-state index contributed by atoms with van der Waals surface area (Å²) >= 11 is 6.93. The summed E-state index contributed by atoms with van der Waals surface area (Å²) in [6.45, 7) is 4.39. The average molecular weight is 462 g/mol. The van der Waals surface area contributed by atoms with Gasteiger partial charge in [0.2, 0.25) is 11.8 Å². The van der Waals surface area contributed by atoms with E-state index in [1.54, 1.807) is 4.57 Å². The molecular weight excluding hydrogens is 441 g/mol. The van der Waals surface area contributed by atoms with Crippen molar-refractivity contribution >= 4 is 46.6 Å². The summed E-state index contributed by atoms with van der Waals surface area (Å²) in [6.07, 6.45) is 0.0655. The molecule has 0 aliphatic heterocycles. The molecule has 0 spiro atoms. The Kier molecular flexibility index (Phi) is 7.64. The fourth-order valence-corrected chi connectivity index (χ4v) is 3.83. The van der Waals surface area contributed by atoms with E-state index in [4.69, 9.17) is 11.6 Å². The number of hydrogen-bond acceptors (Lipinski definition) is 5. The molecule has 10 heteroatoms. The number of anilines is 2. The molecule has 3 rings (SSSR count). The maximum atomic E-state index is 13.2. The topological polar surface area (TPSA) is 88.9 Å². The molecule has 1 aromatic heterocycles. The van der Waals surface area contributed by atoms with E-state index < -0.39 is 5.82 Å². The fraction of sp³-hybridized carbons (Fsp3) is 0.238. The van der Waals surface area contributed by atoms with E-state index >= 15 is 0 Å². The Morgan fingerprint density at radius 2 is 1.90 bits per heavy atom. The molecular formula is C21H21ClFN5O2S. The molecule has 2 N–H and O–H groups in total. The third-order valence-corrected chi connectivity index (χ3v) is 5.64. The molecule has 0 bridgehead atoms. The molecule has 0 saturated heterocycles. The Balaban J connectivity index is 1.59. The van der Waals surface area contributed by atoms with Gasteiger partial charge in [0.25, 0.3) is 0 Å². The SMILES string of the molecule is CCn1c(CC(=O)Nc2ccccc2C)nnc1SCC(=O)Nc1ccc(F)c(Cl)c1. The number of carbonyl (C=O) groups excluding carboxylic acids is 2. The second-order valence-corrected chi connectivity index (χ2v) is 8.00. The highest BCUT2D eigenvalue weighted by Gasteiger charge is 2.16. The van der Waals surface area contributed by atoms with Gasteiger partial charge in [0.05, 0.1) is 17.2 Å². The minimum atomic E-state index is -0.552. The van der Waals surface area contributed by atoms with Gasteiger partial charge in [-0.3, -0.25) is 9.59 Å². The van der Waals surface area contributed by atoms with Gasteiger partial charge in [-0.25, -0.2) is 4.39 Å². The van der Waals surface area contributed by atoms with E-state index in [1.165, 1.54) is 30.0 Å². The Bertz CT molecular complexity index is 1110. The van der Waals surface area contributed by atoms with Crippen LogP contribution in [-0.4, -0.2) is 32.3 Å². The number of para-hydroxylation sites is 1. The van der Waals surface area contributed by atoms with Gasteiger partial charge >= 0.3 is 0 Å². The van der Waals surface area contributed by atoms with Gasteiger partial charge in [-0.05, 0) is 43.7 Å². The van der Waals surface area contributed by atoms with Crippen LogP contribution < -0.4 is 10.6 Å². The van der Waals surface area contributed by atoms with Gasteiger partial charge in [-0.1, -0.05) is 41.6 Å². The molecule has 0 fully saturated rings. The van der Waals surface area contributed by atoms with Crippen LogP contribution >= 0.6 is 23.4 Å². The molecule has 1 heterocycles. The quantitative estimate of drug-likeness (QED) is 0.488. The second-order valence-electron chi connectivity index (χ2n) is 6.65. The number of nitrogens with one attached hydrogen (secondary N) is 2. The van der Waals surface area contributed by atoms with Gasteiger partial charge in [0, 0.05) is 17.9 Å². The number of benzene rings is 2. The first-order valence-electron chi connectivity index (χ1n) is 9.52. The number of halogens is 2. The number of thioether (sulfide) groups is 1. The standard InChI is InChI=1S/C21H21ClFN5O2S/c1-3-28-18(11-19(29)25-17-7-5-4-6-13(17)2)26-27-21(28)31-12-20(30)24-14-8-9-16(23)15(22)10-14/h4-10H,3,11-12H2,1-2H3,(H,24,30)(H,25,29). The fourth-order valence-electron chi connectivity index (χ4n) is 2.83. The van der Waals surface area contributed by atoms with Gasteiger partial charge < -0.3 is 15.2 Å². The van der Waals surface area contributed by atoms with Crippen molar-refractivity contribution in [2.45, 2.75) is 32.0 Å². The predicted octanol–water partition coefficient (Wildman–Crippen LogP) is 4.31. The Morgan fingerprint density at radius 3 is 2.61 bits per heavy atom. The third kappa shape index (κ3) is 6.05. The third-order valence-electron chi connectivity index (χ3n) is 4.38. The summed E-state index contributed by atoms with van der Waals surface area (Å²) in [7, 11) is 0. The summed E-state index contributed by atoms with van der Waals surface area (Å²) in [6, 6.07) is 11.5. The lowest BCUT2D eigenvalue weighted by Crippen LogP contribution is -2.18. The monoisotopic (exact) mass is 461 g/mol. The van der Waals surface area contributed by atoms with Crippen LogP contribution in [0.15, 0.2) is 47.6 Å². The number of rotatable bonds is 8. The van der Waals surface area contributed by atoms with Crippen LogP contribution in [0.4, 0.5) is 15.8 Å². The molecule has 31 heavy (non-hydrogen) atoms. The maximum absolute atomic E-state index is 13.2. The number of aromatic nitrogens is 3.